The Hall–Kier alpha value is -1.95. The van der Waals surface area contributed by atoms with Gasteiger partial charge < -0.3 is 14.4 Å². The van der Waals surface area contributed by atoms with Crippen LogP contribution in [0, 0.1) is 0 Å². The molecule has 1 amide bonds. The van der Waals surface area contributed by atoms with Gasteiger partial charge in [-0.05, 0) is 35.5 Å². The Morgan fingerprint density at radius 2 is 2.11 bits per heavy atom. The number of benzene rings is 1. The van der Waals surface area contributed by atoms with Gasteiger partial charge in [-0.25, -0.2) is 0 Å². The normalized spacial score (nSPS) is 18.9. The van der Waals surface area contributed by atoms with Gasteiger partial charge in [0.2, 0.25) is 6.79 Å². The fourth-order valence-electron chi connectivity index (χ4n) is 1.74. The van der Waals surface area contributed by atoms with E-state index in [4.69, 9.17) is 9.47 Å². The van der Waals surface area contributed by atoms with Crippen LogP contribution in [0.1, 0.15) is 5.56 Å². The predicted octanol–water partition coefficient (Wildman–Crippen LogP) is 1.95. The number of hydrogen-bond acceptors (Lipinski definition) is 5. The summed E-state index contributed by atoms with van der Waals surface area (Å²) in [5, 5.41) is 0.706. The van der Waals surface area contributed by atoms with E-state index in [1.807, 2.05) is 43.3 Å². The molecule has 2 aliphatic rings. The summed E-state index contributed by atoms with van der Waals surface area (Å²) in [5.74, 6) is 1.24. The standard InChI is InChI=1S/C13H12N2O3S/c1-15(2)13-14-12(16)11(19-13)6-8-3-4-9-10(5-8)18-7-17-9/h3-6H,7H2,1-2H3/b11-6-. The third-order valence-corrected chi connectivity index (χ3v) is 3.84. The average Bonchev–Trinajstić information content (AvgIpc) is 2.96. The number of amidine groups is 1. The zero-order valence-electron chi connectivity index (χ0n) is 10.5. The molecule has 0 bridgehead atoms. The molecule has 6 heteroatoms. The van der Waals surface area contributed by atoms with Crippen molar-refractivity contribution in [2.45, 2.75) is 0 Å². The lowest BCUT2D eigenvalue weighted by Crippen LogP contribution is -2.16. The van der Waals surface area contributed by atoms with Crippen molar-refractivity contribution in [3.05, 3.63) is 28.7 Å². The van der Waals surface area contributed by atoms with Crippen molar-refractivity contribution in [1.82, 2.24) is 4.90 Å². The molecule has 5 nitrogen and oxygen atoms in total. The number of fused-ring (bicyclic) bond motifs is 1. The van der Waals surface area contributed by atoms with Gasteiger partial charge in [-0.1, -0.05) is 6.07 Å². The molecule has 0 aliphatic carbocycles. The predicted molar refractivity (Wildman–Crippen MR) is 74.3 cm³/mol. The van der Waals surface area contributed by atoms with E-state index in [1.54, 1.807) is 0 Å². The Kier molecular flexibility index (Phi) is 2.94. The number of thioether (sulfide) groups is 1. The van der Waals surface area contributed by atoms with Crippen LogP contribution in [0.15, 0.2) is 28.1 Å². The van der Waals surface area contributed by atoms with Crippen LogP contribution in [-0.2, 0) is 4.79 Å². The van der Waals surface area contributed by atoms with E-state index in [0.717, 1.165) is 11.3 Å². The molecule has 0 saturated carbocycles. The maximum absolute atomic E-state index is 11.8. The summed E-state index contributed by atoms with van der Waals surface area (Å²) in [4.78, 5) is 18.2. The average molecular weight is 276 g/mol. The first-order valence-electron chi connectivity index (χ1n) is 5.73. The van der Waals surface area contributed by atoms with E-state index >= 15 is 0 Å². The first-order valence-corrected chi connectivity index (χ1v) is 6.55. The molecular formula is C13H12N2O3S. The lowest BCUT2D eigenvalue weighted by atomic mass is 10.2. The lowest BCUT2D eigenvalue weighted by molar-refractivity contribution is -0.113. The van der Waals surface area contributed by atoms with Gasteiger partial charge in [-0.3, -0.25) is 4.79 Å². The summed E-state index contributed by atoms with van der Waals surface area (Å²) in [7, 11) is 3.73. The molecule has 98 valence electrons. The number of carbonyl (C=O) groups excluding carboxylic acids is 1. The van der Waals surface area contributed by atoms with Gasteiger partial charge in [0.1, 0.15) is 0 Å². The van der Waals surface area contributed by atoms with Crippen LogP contribution in [0.25, 0.3) is 6.08 Å². The first kappa shape index (κ1) is 12.1. The van der Waals surface area contributed by atoms with E-state index in [9.17, 15) is 4.79 Å². The zero-order valence-corrected chi connectivity index (χ0v) is 11.4. The maximum atomic E-state index is 11.8. The number of amides is 1. The van der Waals surface area contributed by atoms with Crippen molar-refractivity contribution in [3.8, 4) is 11.5 Å². The topological polar surface area (TPSA) is 51.1 Å². The Morgan fingerprint density at radius 3 is 2.84 bits per heavy atom. The SMILES string of the molecule is CN(C)C1=NC(=O)/C(=C/c2ccc3c(c2)OCO3)S1. The van der Waals surface area contributed by atoms with E-state index in [2.05, 4.69) is 4.99 Å². The summed E-state index contributed by atoms with van der Waals surface area (Å²) >= 11 is 1.37. The van der Waals surface area contributed by atoms with Crippen molar-refractivity contribution < 1.29 is 14.3 Å². The van der Waals surface area contributed by atoms with Gasteiger partial charge in [0.15, 0.2) is 16.7 Å². The van der Waals surface area contributed by atoms with Gasteiger partial charge in [0, 0.05) is 14.1 Å². The van der Waals surface area contributed by atoms with Crippen LogP contribution in [-0.4, -0.2) is 36.9 Å². The van der Waals surface area contributed by atoms with Crippen molar-refractivity contribution in [2.24, 2.45) is 4.99 Å². The molecule has 0 fully saturated rings. The molecule has 0 atom stereocenters. The summed E-state index contributed by atoms with van der Waals surface area (Å²) in [5.41, 5.74) is 0.898. The number of nitrogens with zero attached hydrogens (tertiary/aromatic N) is 2. The van der Waals surface area contributed by atoms with E-state index in [-0.39, 0.29) is 12.7 Å². The first-order chi connectivity index (χ1) is 9.13. The van der Waals surface area contributed by atoms with E-state index in [0.29, 0.717) is 15.8 Å². The molecule has 0 aromatic heterocycles. The van der Waals surface area contributed by atoms with Crippen LogP contribution >= 0.6 is 11.8 Å². The molecule has 3 rings (SSSR count). The number of ether oxygens (including phenoxy) is 2. The second kappa shape index (κ2) is 4.62. The van der Waals surface area contributed by atoms with Crippen molar-refractivity contribution in [3.63, 3.8) is 0 Å². The minimum absolute atomic E-state index is 0.202. The van der Waals surface area contributed by atoms with Crippen LogP contribution in [0.5, 0.6) is 11.5 Å². The Labute approximate surface area is 114 Å². The zero-order chi connectivity index (χ0) is 13.4. The highest BCUT2D eigenvalue weighted by atomic mass is 32.2. The molecule has 2 aliphatic heterocycles. The molecule has 0 unspecified atom stereocenters. The van der Waals surface area contributed by atoms with Gasteiger partial charge in [-0.15, -0.1) is 0 Å². The largest absolute Gasteiger partial charge is 0.454 e. The van der Waals surface area contributed by atoms with Gasteiger partial charge in [0.05, 0.1) is 4.91 Å². The fraction of sp³-hybridized carbons (Fsp3) is 0.231. The Bertz CT molecular complexity index is 608. The summed E-state index contributed by atoms with van der Waals surface area (Å²) < 4.78 is 10.6. The minimum Gasteiger partial charge on any atom is -0.454 e. The molecular weight excluding hydrogens is 264 g/mol. The second-order valence-electron chi connectivity index (χ2n) is 4.32. The van der Waals surface area contributed by atoms with E-state index < -0.39 is 0 Å². The maximum Gasteiger partial charge on any atom is 0.286 e. The Morgan fingerprint density at radius 1 is 1.32 bits per heavy atom. The molecule has 1 aromatic rings. The molecule has 0 radical (unpaired) electrons. The van der Waals surface area contributed by atoms with Crippen LogP contribution < -0.4 is 9.47 Å². The number of rotatable bonds is 1. The third-order valence-electron chi connectivity index (χ3n) is 2.69. The molecule has 0 N–H and O–H groups in total. The summed E-state index contributed by atoms with van der Waals surface area (Å²) in [6, 6.07) is 5.59. The van der Waals surface area contributed by atoms with Gasteiger partial charge in [-0.2, -0.15) is 4.99 Å². The quantitative estimate of drug-likeness (QED) is 0.734. The Balaban J connectivity index is 1.85. The number of hydrogen-bond donors (Lipinski definition) is 0. The van der Waals surface area contributed by atoms with Crippen molar-refractivity contribution in [2.75, 3.05) is 20.9 Å². The van der Waals surface area contributed by atoms with Crippen molar-refractivity contribution >= 4 is 28.9 Å². The summed E-state index contributed by atoms with van der Waals surface area (Å²) in [6.07, 6.45) is 1.81. The second-order valence-corrected chi connectivity index (χ2v) is 5.33. The lowest BCUT2D eigenvalue weighted by Gasteiger charge is -2.08. The van der Waals surface area contributed by atoms with Crippen LogP contribution in [0.3, 0.4) is 0 Å². The highest BCUT2D eigenvalue weighted by Crippen LogP contribution is 2.35. The molecule has 0 spiro atoms. The number of carbonyl (C=O) groups is 1. The summed E-state index contributed by atoms with van der Waals surface area (Å²) in [6.45, 7) is 0.247. The highest BCUT2D eigenvalue weighted by Gasteiger charge is 2.23. The van der Waals surface area contributed by atoms with Gasteiger partial charge in [0.25, 0.3) is 5.91 Å². The highest BCUT2D eigenvalue weighted by molar-refractivity contribution is 8.18. The molecule has 1 aromatic carbocycles. The number of aliphatic imine (C=N–C) groups is 1. The third kappa shape index (κ3) is 2.31. The molecule has 19 heavy (non-hydrogen) atoms. The van der Waals surface area contributed by atoms with Gasteiger partial charge >= 0.3 is 0 Å². The van der Waals surface area contributed by atoms with Crippen LogP contribution in [0.4, 0.5) is 0 Å². The molecule has 0 saturated heterocycles. The smallest absolute Gasteiger partial charge is 0.286 e. The minimum atomic E-state index is -0.202. The molecule has 2 heterocycles. The fourth-order valence-corrected chi connectivity index (χ4v) is 2.58. The van der Waals surface area contributed by atoms with Crippen LogP contribution in [0.2, 0.25) is 0 Å². The monoisotopic (exact) mass is 276 g/mol. The van der Waals surface area contributed by atoms with E-state index in [1.165, 1.54) is 11.8 Å². The van der Waals surface area contributed by atoms with Crippen molar-refractivity contribution in [1.29, 1.82) is 0 Å².